The first-order chi connectivity index (χ1) is 13.5. The lowest BCUT2D eigenvalue weighted by Crippen LogP contribution is -2.21. The Morgan fingerprint density at radius 3 is 2.11 bits per heavy atom. The highest BCUT2D eigenvalue weighted by molar-refractivity contribution is 6.30. The molecule has 0 aliphatic rings. The number of hydrogen-bond acceptors (Lipinski definition) is 3. The van der Waals surface area contributed by atoms with Crippen LogP contribution in [0.5, 0.6) is 0 Å². The van der Waals surface area contributed by atoms with Crippen molar-refractivity contribution in [2.75, 3.05) is 22.5 Å². The van der Waals surface area contributed by atoms with Gasteiger partial charge in [-0.1, -0.05) is 29.3 Å². The Hall–Kier alpha value is -3.31. The normalized spacial score (nSPS) is 10.2. The summed E-state index contributed by atoms with van der Waals surface area (Å²) in [4.78, 5) is 24.3. The summed E-state index contributed by atoms with van der Waals surface area (Å²) in [6.07, 6.45) is 0. The second-order valence-electron chi connectivity index (χ2n) is 6.31. The standard InChI is InChI=1S/C22H20ClN3O2/c1-15-3-2-4-16(13-15)22(28)26-20-11-9-18(10-12-20)24-14-21(27)25-19-7-5-17(23)6-8-19/h2-13,24H,14H2,1H3,(H,25,27)(H,26,28). The molecule has 0 saturated heterocycles. The molecule has 0 unspecified atom stereocenters. The van der Waals surface area contributed by atoms with Crippen molar-refractivity contribution < 1.29 is 9.59 Å². The van der Waals surface area contributed by atoms with Crippen LogP contribution in [0.1, 0.15) is 15.9 Å². The molecule has 6 heteroatoms. The van der Waals surface area contributed by atoms with Gasteiger partial charge in [-0.2, -0.15) is 0 Å². The Labute approximate surface area is 168 Å². The molecule has 0 fully saturated rings. The monoisotopic (exact) mass is 393 g/mol. The van der Waals surface area contributed by atoms with Crippen molar-refractivity contribution in [3.8, 4) is 0 Å². The highest BCUT2D eigenvalue weighted by Gasteiger charge is 2.06. The summed E-state index contributed by atoms with van der Waals surface area (Å²) in [6.45, 7) is 2.07. The third-order valence-corrected chi connectivity index (χ3v) is 4.26. The van der Waals surface area contributed by atoms with Crippen molar-refractivity contribution in [3.05, 3.63) is 88.9 Å². The summed E-state index contributed by atoms with van der Waals surface area (Å²) in [6, 6.07) is 21.5. The predicted octanol–water partition coefficient (Wildman–Crippen LogP) is 4.95. The second-order valence-corrected chi connectivity index (χ2v) is 6.75. The molecule has 3 rings (SSSR count). The van der Waals surface area contributed by atoms with Gasteiger partial charge >= 0.3 is 0 Å². The van der Waals surface area contributed by atoms with Crippen molar-refractivity contribution in [1.82, 2.24) is 0 Å². The van der Waals surface area contributed by atoms with Crippen LogP contribution in [0, 0.1) is 6.92 Å². The molecule has 3 aromatic carbocycles. The molecule has 0 bridgehead atoms. The molecule has 0 spiro atoms. The van der Waals surface area contributed by atoms with Gasteiger partial charge in [0.25, 0.3) is 5.91 Å². The molecule has 28 heavy (non-hydrogen) atoms. The molecule has 142 valence electrons. The molecule has 0 aliphatic heterocycles. The zero-order chi connectivity index (χ0) is 19.9. The summed E-state index contributed by atoms with van der Waals surface area (Å²) in [5, 5.41) is 9.30. The van der Waals surface area contributed by atoms with Gasteiger partial charge in [-0.25, -0.2) is 0 Å². The van der Waals surface area contributed by atoms with Gasteiger partial charge in [-0.3, -0.25) is 9.59 Å². The van der Waals surface area contributed by atoms with Gasteiger partial charge in [-0.05, 0) is 67.6 Å². The van der Waals surface area contributed by atoms with E-state index < -0.39 is 0 Å². The number of anilines is 3. The molecule has 3 N–H and O–H groups in total. The quantitative estimate of drug-likeness (QED) is 0.554. The number of halogens is 1. The Morgan fingerprint density at radius 1 is 0.821 bits per heavy atom. The lowest BCUT2D eigenvalue weighted by Gasteiger charge is -2.10. The topological polar surface area (TPSA) is 70.2 Å². The number of carbonyl (C=O) groups excluding carboxylic acids is 2. The van der Waals surface area contributed by atoms with E-state index in [4.69, 9.17) is 11.6 Å². The summed E-state index contributed by atoms with van der Waals surface area (Å²) in [5.74, 6) is -0.328. The molecule has 3 aromatic rings. The average molecular weight is 394 g/mol. The number of benzene rings is 3. The number of carbonyl (C=O) groups is 2. The molecule has 0 aromatic heterocycles. The van der Waals surface area contributed by atoms with Gasteiger partial charge in [0.05, 0.1) is 6.54 Å². The third-order valence-electron chi connectivity index (χ3n) is 4.00. The zero-order valence-corrected chi connectivity index (χ0v) is 16.1. The van der Waals surface area contributed by atoms with Crippen LogP contribution in [0.3, 0.4) is 0 Å². The van der Waals surface area contributed by atoms with Gasteiger partial charge in [0, 0.05) is 27.6 Å². The van der Waals surface area contributed by atoms with Crippen molar-refractivity contribution in [3.63, 3.8) is 0 Å². The minimum absolute atomic E-state index is 0.123. The second kappa shape index (κ2) is 9.06. The van der Waals surface area contributed by atoms with E-state index in [0.717, 1.165) is 11.3 Å². The maximum absolute atomic E-state index is 12.3. The van der Waals surface area contributed by atoms with E-state index in [-0.39, 0.29) is 18.4 Å². The highest BCUT2D eigenvalue weighted by Crippen LogP contribution is 2.16. The predicted molar refractivity (Wildman–Crippen MR) is 114 cm³/mol. The number of nitrogens with one attached hydrogen (secondary N) is 3. The van der Waals surface area contributed by atoms with Crippen LogP contribution in [0.4, 0.5) is 17.1 Å². The van der Waals surface area contributed by atoms with Crippen LogP contribution in [0.2, 0.25) is 5.02 Å². The van der Waals surface area contributed by atoms with Gasteiger partial charge < -0.3 is 16.0 Å². The molecule has 0 saturated carbocycles. The molecule has 0 radical (unpaired) electrons. The first-order valence-corrected chi connectivity index (χ1v) is 9.15. The van der Waals surface area contributed by atoms with E-state index >= 15 is 0 Å². The van der Waals surface area contributed by atoms with Crippen LogP contribution < -0.4 is 16.0 Å². The largest absolute Gasteiger partial charge is 0.376 e. The molecule has 0 heterocycles. The minimum Gasteiger partial charge on any atom is -0.376 e. The van der Waals surface area contributed by atoms with E-state index in [1.807, 2.05) is 25.1 Å². The maximum Gasteiger partial charge on any atom is 0.255 e. The Bertz CT molecular complexity index is 970. The number of aryl methyl sites for hydroxylation is 1. The summed E-state index contributed by atoms with van der Waals surface area (Å²) in [7, 11) is 0. The van der Waals surface area contributed by atoms with Crippen LogP contribution in [-0.2, 0) is 4.79 Å². The van der Waals surface area contributed by atoms with E-state index in [1.165, 1.54) is 0 Å². The third kappa shape index (κ3) is 5.59. The van der Waals surface area contributed by atoms with Crippen molar-refractivity contribution in [2.24, 2.45) is 0 Å². The van der Waals surface area contributed by atoms with Crippen molar-refractivity contribution >= 4 is 40.5 Å². The molecule has 0 aliphatic carbocycles. The zero-order valence-electron chi connectivity index (χ0n) is 15.3. The average Bonchev–Trinajstić information content (AvgIpc) is 2.69. The van der Waals surface area contributed by atoms with Crippen molar-refractivity contribution in [2.45, 2.75) is 6.92 Å². The Kier molecular flexibility index (Phi) is 6.29. The molecule has 2 amide bonds. The first-order valence-electron chi connectivity index (χ1n) is 8.77. The lowest BCUT2D eigenvalue weighted by molar-refractivity contribution is -0.114. The van der Waals surface area contributed by atoms with Crippen LogP contribution in [0.15, 0.2) is 72.8 Å². The van der Waals surface area contributed by atoms with Crippen molar-refractivity contribution in [1.29, 1.82) is 0 Å². The first kappa shape index (κ1) is 19.5. The van der Waals surface area contributed by atoms with Crippen LogP contribution >= 0.6 is 11.6 Å². The summed E-state index contributed by atoms with van der Waals surface area (Å²) >= 11 is 5.82. The SMILES string of the molecule is Cc1cccc(C(=O)Nc2ccc(NCC(=O)Nc3ccc(Cl)cc3)cc2)c1. The van der Waals surface area contributed by atoms with Gasteiger partial charge in [-0.15, -0.1) is 0 Å². The van der Waals surface area contributed by atoms with Gasteiger partial charge in [0.2, 0.25) is 5.91 Å². The van der Waals surface area contributed by atoms with E-state index in [2.05, 4.69) is 16.0 Å². The number of hydrogen-bond donors (Lipinski definition) is 3. The Morgan fingerprint density at radius 2 is 1.43 bits per heavy atom. The van der Waals surface area contributed by atoms with Gasteiger partial charge in [0.15, 0.2) is 0 Å². The highest BCUT2D eigenvalue weighted by atomic mass is 35.5. The molecule has 5 nitrogen and oxygen atoms in total. The van der Waals surface area contributed by atoms with Gasteiger partial charge in [0.1, 0.15) is 0 Å². The van der Waals surface area contributed by atoms with E-state index in [0.29, 0.717) is 22.0 Å². The van der Waals surface area contributed by atoms with Crippen LogP contribution in [0.25, 0.3) is 0 Å². The van der Waals surface area contributed by atoms with Crippen LogP contribution in [-0.4, -0.2) is 18.4 Å². The molecular formula is C22H20ClN3O2. The lowest BCUT2D eigenvalue weighted by atomic mass is 10.1. The fourth-order valence-electron chi connectivity index (χ4n) is 2.58. The van der Waals surface area contributed by atoms with E-state index in [9.17, 15) is 9.59 Å². The summed E-state index contributed by atoms with van der Waals surface area (Å²) < 4.78 is 0. The van der Waals surface area contributed by atoms with E-state index in [1.54, 1.807) is 54.6 Å². The fourth-order valence-corrected chi connectivity index (χ4v) is 2.71. The smallest absolute Gasteiger partial charge is 0.255 e. The number of amides is 2. The maximum atomic E-state index is 12.3. The summed E-state index contributed by atoms with van der Waals surface area (Å²) in [5.41, 5.74) is 3.79. The molecular weight excluding hydrogens is 374 g/mol. The minimum atomic E-state index is -0.167. The Balaban J connectivity index is 1.50. The fraction of sp³-hybridized carbons (Fsp3) is 0.0909. The number of rotatable bonds is 6. The molecule has 0 atom stereocenters.